The highest BCUT2D eigenvalue weighted by atomic mass is 16.6. The number of aliphatic imine (C=N–C) groups is 1. The number of pyridine rings is 1. The molecule has 0 atom stereocenters. The van der Waals surface area contributed by atoms with Crippen LogP contribution in [0.5, 0.6) is 5.75 Å². The van der Waals surface area contributed by atoms with Crippen molar-refractivity contribution < 1.29 is 14.3 Å². The van der Waals surface area contributed by atoms with Crippen LogP contribution in [0.15, 0.2) is 59.5 Å². The summed E-state index contributed by atoms with van der Waals surface area (Å²) in [7, 11) is 0. The van der Waals surface area contributed by atoms with Crippen LogP contribution in [0.4, 0.5) is 0 Å². The monoisotopic (exact) mass is 294 g/mol. The molecular weight excluding hydrogens is 280 g/mol. The van der Waals surface area contributed by atoms with Crippen LogP contribution in [-0.4, -0.2) is 23.5 Å². The summed E-state index contributed by atoms with van der Waals surface area (Å²) in [6.07, 6.45) is 4.94. The molecule has 5 heteroatoms. The first-order valence-electron chi connectivity index (χ1n) is 6.92. The Morgan fingerprint density at radius 2 is 2.05 bits per heavy atom. The molecule has 22 heavy (non-hydrogen) atoms. The Kier molecular flexibility index (Phi) is 3.96. The molecule has 0 saturated heterocycles. The van der Waals surface area contributed by atoms with Gasteiger partial charge in [-0.25, -0.2) is 9.79 Å². The highest BCUT2D eigenvalue weighted by molar-refractivity contribution is 6.12. The number of esters is 1. The second-order valence-corrected chi connectivity index (χ2v) is 4.58. The Balaban J connectivity index is 1.84. The second-order valence-electron chi connectivity index (χ2n) is 4.58. The van der Waals surface area contributed by atoms with Gasteiger partial charge in [0.2, 0.25) is 5.90 Å². The lowest BCUT2D eigenvalue weighted by atomic mass is 10.2. The van der Waals surface area contributed by atoms with Crippen LogP contribution < -0.4 is 4.74 Å². The maximum atomic E-state index is 11.9. The quantitative estimate of drug-likeness (QED) is 0.642. The number of ether oxygens (including phenoxy) is 2. The molecule has 0 saturated carbocycles. The minimum Gasteiger partial charge on any atom is -0.494 e. The van der Waals surface area contributed by atoms with Crippen molar-refractivity contribution in [2.75, 3.05) is 6.61 Å². The van der Waals surface area contributed by atoms with Crippen LogP contribution in [0, 0.1) is 0 Å². The second kappa shape index (κ2) is 6.22. The Labute approximate surface area is 127 Å². The predicted octanol–water partition coefficient (Wildman–Crippen LogP) is 2.82. The first-order valence-corrected chi connectivity index (χ1v) is 6.92. The third kappa shape index (κ3) is 3.03. The van der Waals surface area contributed by atoms with Gasteiger partial charge in [-0.2, -0.15) is 0 Å². The highest BCUT2D eigenvalue weighted by Gasteiger charge is 2.24. The summed E-state index contributed by atoms with van der Waals surface area (Å²) in [5, 5.41) is 0. The van der Waals surface area contributed by atoms with Gasteiger partial charge < -0.3 is 9.47 Å². The fraction of sp³-hybridized carbons (Fsp3) is 0.118. The summed E-state index contributed by atoms with van der Waals surface area (Å²) in [6.45, 7) is 2.55. The fourth-order valence-corrected chi connectivity index (χ4v) is 2.01. The first kappa shape index (κ1) is 14.0. The summed E-state index contributed by atoms with van der Waals surface area (Å²) < 4.78 is 10.6. The van der Waals surface area contributed by atoms with Crippen LogP contribution in [0.3, 0.4) is 0 Å². The van der Waals surface area contributed by atoms with E-state index in [-0.39, 0.29) is 11.6 Å². The van der Waals surface area contributed by atoms with E-state index in [0.717, 1.165) is 11.3 Å². The van der Waals surface area contributed by atoms with Crippen molar-refractivity contribution in [3.8, 4) is 5.75 Å². The number of aromatic nitrogens is 1. The number of carbonyl (C=O) groups is 1. The number of cyclic esters (lactones) is 1. The van der Waals surface area contributed by atoms with Crippen LogP contribution in [0.25, 0.3) is 6.08 Å². The maximum Gasteiger partial charge on any atom is 0.363 e. The molecule has 3 rings (SSSR count). The van der Waals surface area contributed by atoms with Gasteiger partial charge in [0, 0.05) is 12.4 Å². The van der Waals surface area contributed by atoms with E-state index in [9.17, 15) is 4.79 Å². The SMILES string of the molecule is CCOc1ccc(/C=C2/N=C(c3cccnc3)OC2=O)cc1. The van der Waals surface area contributed by atoms with Crippen LogP contribution >= 0.6 is 0 Å². The molecule has 0 fully saturated rings. The van der Waals surface area contributed by atoms with Gasteiger partial charge in [0.1, 0.15) is 5.75 Å². The number of rotatable bonds is 4. The average Bonchev–Trinajstić information content (AvgIpc) is 2.91. The summed E-state index contributed by atoms with van der Waals surface area (Å²) >= 11 is 0. The molecule has 2 aromatic rings. The van der Waals surface area contributed by atoms with Gasteiger partial charge in [-0.05, 0) is 42.8 Å². The van der Waals surface area contributed by atoms with Gasteiger partial charge in [-0.15, -0.1) is 0 Å². The van der Waals surface area contributed by atoms with Crippen molar-refractivity contribution in [2.45, 2.75) is 6.92 Å². The average molecular weight is 294 g/mol. The van der Waals surface area contributed by atoms with Gasteiger partial charge in [0.15, 0.2) is 5.70 Å². The zero-order valence-corrected chi connectivity index (χ0v) is 12.0. The lowest BCUT2D eigenvalue weighted by molar-refractivity contribution is -0.129. The lowest BCUT2D eigenvalue weighted by Crippen LogP contribution is -2.05. The van der Waals surface area contributed by atoms with E-state index in [1.165, 1.54) is 0 Å². The third-order valence-corrected chi connectivity index (χ3v) is 3.02. The standard InChI is InChI=1S/C17H14N2O3/c1-2-21-14-7-5-12(6-8-14)10-15-17(20)22-16(19-15)13-4-3-9-18-11-13/h3-11H,2H2,1H3/b15-10+. The van der Waals surface area contributed by atoms with E-state index in [0.29, 0.717) is 12.2 Å². The van der Waals surface area contributed by atoms with E-state index in [1.54, 1.807) is 30.6 Å². The zero-order valence-electron chi connectivity index (χ0n) is 12.0. The summed E-state index contributed by atoms with van der Waals surface area (Å²) in [5.74, 6) is 0.598. The lowest BCUT2D eigenvalue weighted by Gasteiger charge is -2.02. The molecule has 0 unspecified atom stereocenters. The Hall–Kier alpha value is -2.95. The molecular formula is C17H14N2O3. The van der Waals surface area contributed by atoms with Gasteiger partial charge in [0.25, 0.3) is 0 Å². The molecule has 0 radical (unpaired) electrons. The molecule has 1 aliphatic rings. The van der Waals surface area contributed by atoms with Gasteiger partial charge >= 0.3 is 5.97 Å². The van der Waals surface area contributed by atoms with Crippen LogP contribution in [0.2, 0.25) is 0 Å². The van der Waals surface area contributed by atoms with Crippen molar-refractivity contribution >= 4 is 17.9 Å². The molecule has 0 aliphatic carbocycles. The van der Waals surface area contributed by atoms with Crippen molar-refractivity contribution in [2.24, 2.45) is 4.99 Å². The molecule has 1 aromatic heterocycles. The van der Waals surface area contributed by atoms with Gasteiger partial charge in [0.05, 0.1) is 12.2 Å². The van der Waals surface area contributed by atoms with Crippen LogP contribution in [-0.2, 0) is 9.53 Å². The first-order chi connectivity index (χ1) is 10.8. The Morgan fingerprint density at radius 1 is 1.23 bits per heavy atom. The Bertz CT molecular complexity index is 734. The van der Waals surface area contributed by atoms with Crippen molar-refractivity contribution in [1.82, 2.24) is 4.98 Å². The largest absolute Gasteiger partial charge is 0.494 e. The van der Waals surface area contributed by atoms with Crippen molar-refractivity contribution in [1.29, 1.82) is 0 Å². The van der Waals surface area contributed by atoms with Crippen molar-refractivity contribution in [3.63, 3.8) is 0 Å². The molecule has 110 valence electrons. The molecule has 1 aromatic carbocycles. The van der Waals surface area contributed by atoms with Gasteiger partial charge in [-0.3, -0.25) is 4.98 Å². The number of benzene rings is 1. The molecule has 0 amide bonds. The van der Waals surface area contributed by atoms with E-state index in [1.807, 2.05) is 31.2 Å². The van der Waals surface area contributed by atoms with E-state index in [4.69, 9.17) is 9.47 Å². The third-order valence-electron chi connectivity index (χ3n) is 3.02. The van der Waals surface area contributed by atoms with Crippen LogP contribution in [0.1, 0.15) is 18.1 Å². The molecule has 5 nitrogen and oxygen atoms in total. The molecule has 0 bridgehead atoms. The van der Waals surface area contributed by atoms with E-state index >= 15 is 0 Å². The molecule has 0 spiro atoms. The number of nitrogens with zero attached hydrogens (tertiary/aromatic N) is 2. The number of hydrogen-bond donors (Lipinski definition) is 0. The normalized spacial score (nSPS) is 15.6. The molecule has 1 aliphatic heterocycles. The molecule has 0 N–H and O–H groups in total. The number of hydrogen-bond acceptors (Lipinski definition) is 5. The van der Waals surface area contributed by atoms with E-state index in [2.05, 4.69) is 9.98 Å². The fourth-order valence-electron chi connectivity index (χ4n) is 2.01. The molecule has 2 heterocycles. The highest BCUT2D eigenvalue weighted by Crippen LogP contribution is 2.20. The smallest absolute Gasteiger partial charge is 0.363 e. The maximum absolute atomic E-state index is 11.9. The van der Waals surface area contributed by atoms with Gasteiger partial charge in [-0.1, -0.05) is 12.1 Å². The minimum atomic E-state index is -0.465. The topological polar surface area (TPSA) is 60.8 Å². The summed E-state index contributed by atoms with van der Waals surface area (Å²) in [4.78, 5) is 20.1. The summed E-state index contributed by atoms with van der Waals surface area (Å²) in [5.41, 5.74) is 1.79. The minimum absolute atomic E-state index is 0.267. The van der Waals surface area contributed by atoms with E-state index < -0.39 is 5.97 Å². The summed E-state index contributed by atoms with van der Waals surface area (Å²) in [6, 6.07) is 11.0. The van der Waals surface area contributed by atoms with Crippen molar-refractivity contribution in [3.05, 3.63) is 65.6 Å². The Morgan fingerprint density at radius 3 is 2.73 bits per heavy atom. The zero-order chi connectivity index (χ0) is 15.4. The number of carbonyl (C=O) groups excluding carboxylic acids is 1. The predicted molar refractivity (Wildman–Crippen MR) is 82.5 cm³/mol.